The number of dihydropyridines is 1. The summed E-state index contributed by atoms with van der Waals surface area (Å²) >= 11 is 0. The monoisotopic (exact) mass is 213 g/mol. The number of carbonyl (C=O) groups excluding carboxylic acids is 1. The first kappa shape index (κ1) is 11.0. The molecule has 0 radical (unpaired) electrons. The Morgan fingerprint density at radius 2 is 2.53 bits per heavy atom. The van der Waals surface area contributed by atoms with Gasteiger partial charge in [-0.25, -0.2) is 0 Å². The number of nitrogens with one attached hydrogen (secondary N) is 2. The van der Waals surface area contributed by atoms with Gasteiger partial charge in [0.05, 0.1) is 0 Å². The molecule has 1 heterocycles. The molecule has 0 aliphatic carbocycles. The van der Waals surface area contributed by atoms with Gasteiger partial charge in [-0.1, -0.05) is 6.08 Å². The summed E-state index contributed by atoms with van der Waals surface area (Å²) in [4.78, 5) is 25.2. The summed E-state index contributed by atoms with van der Waals surface area (Å²) in [5.74, 6) is -0.264. The molecule has 1 amide bonds. The standard InChI is InChI=1S/C8H11N3O4/c12-8(7-1-3-9-4-2-7)10-5-6-15-11(13)14/h1-3,9H,4-6H2,(H,10,12). The fourth-order valence-electron chi connectivity index (χ4n) is 1.01. The minimum Gasteiger partial charge on any atom is -0.387 e. The molecule has 0 spiro atoms. The highest BCUT2D eigenvalue weighted by molar-refractivity contribution is 5.96. The van der Waals surface area contributed by atoms with E-state index in [9.17, 15) is 14.9 Å². The van der Waals surface area contributed by atoms with E-state index in [-0.39, 0.29) is 19.1 Å². The molecule has 2 N–H and O–H groups in total. The minimum absolute atomic E-state index is 0.110. The van der Waals surface area contributed by atoms with E-state index in [1.165, 1.54) is 0 Å². The van der Waals surface area contributed by atoms with Crippen molar-refractivity contribution in [1.82, 2.24) is 10.6 Å². The second kappa shape index (κ2) is 5.63. The van der Waals surface area contributed by atoms with E-state index in [0.29, 0.717) is 12.1 Å². The Bertz CT molecular complexity index is 311. The van der Waals surface area contributed by atoms with Crippen molar-refractivity contribution in [2.45, 2.75) is 0 Å². The second-order valence-corrected chi connectivity index (χ2v) is 2.71. The molecule has 15 heavy (non-hydrogen) atoms. The van der Waals surface area contributed by atoms with Gasteiger partial charge in [-0.15, -0.1) is 10.1 Å². The van der Waals surface area contributed by atoms with E-state index < -0.39 is 5.09 Å². The van der Waals surface area contributed by atoms with Crippen LogP contribution in [-0.4, -0.2) is 30.7 Å². The minimum atomic E-state index is -0.893. The van der Waals surface area contributed by atoms with E-state index in [4.69, 9.17) is 0 Å². The average Bonchev–Trinajstić information content (AvgIpc) is 2.25. The Kier molecular flexibility index (Phi) is 4.14. The van der Waals surface area contributed by atoms with Gasteiger partial charge in [0, 0.05) is 18.7 Å². The van der Waals surface area contributed by atoms with Crippen molar-refractivity contribution in [2.75, 3.05) is 19.7 Å². The molecule has 7 nitrogen and oxygen atoms in total. The first-order valence-corrected chi connectivity index (χ1v) is 4.36. The van der Waals surface area contributed by atoms with Crippen molar-refractivity contribution >= 4 is 5.91 Å². The van der Waals surface area contributed by atoms with Gasteiger partial charge in [0.2, 0.25) is 0 Å². The molecule has 1 aliphatic heterocycles. The molecule has 0 aromatic heterocycles. The van der Waals surface area contributed by atoms with Crippen molar-refractivity contribution in [2.24, 2.45) is 0 Å². The Labute approximate surface area is 85.9 Å². The van der Waals surface area contributed by atoms with Crippen LogP contribution < -0.4 is 10.6 Å². The molecule has 0 aromatic carbocycles. The highest BCUT2D eigenvalue weighted by Gasteiger charge is 2.07. The van der Waals surface area contributed by atoms with Crippen molar-refractivity contribution in [1.29, 1.82) is 0 Å². The van der Waals surface area contributed by atoms with Crippen LogP contribution in [0.15, 0.2) is 23.9 Å². The van der Waals surface area contributed by atoms with Gasteiger partial charge in [0.15, 0.2) is 0 Å². The first-order valence-electron chi connectivity index (χ1n) is 4.36. The molecule has 0 fully saturated rings. The van der Waals surface area contributed by atoms with Crippen molar-refractivity contribution in [3.8, 4) is 0 Å². The molecule has 7 heteroatoms. The van der Waals surface area contributed by atoms with E-state index in [2.05, 4.69) is 15.5 Å². The van der Waals surface area contributed by atoms with Gasteiger partial charge in [-0.3, -0.25) is 4.79 Å². The van der Waals surface area contributed by atoms with Crippen LogP contribution >= 0.6 is 0 Å². The molecular weight excluding hydrogens is 202 g/mol. The van der Waals surface area contributed by atoms with Crippen LogP contribution in [0.2, 0.25) is 0 Å². The summed E-state index contributed by atoms with van der Waals surface area (Å²) in [6.07, 6.45) is 5.03. The molecule has 1 rings (SSSR count). The third-order valence-corrected chi connectivity index (χ3v) is 1.67. The number of hydrogen-bond acceptors (Lipinski definition) is 5. The van der Waals surface area contributed by atoms with Crippen molar-refractivity contribution in [3.05, 3.63) is 34.0 Å². The maximum absolute atomic E-state index is 11.4. The molecule has 0 unspecified atom stereocenters. The summed E-state index contributed by atoms with van der Waals surface area (Å²) in [5.41, 5.74) is 0.537. The highest BCUT2D eigenvalue weighted by Crippen LogP contribution is 1.99. The Morgan fingerprint density at radius 3 is 3.13 bits per heavy atom. The van der Waals surface area contributed by atoms with Gasteiger partial charge < -0.3 is 15.5 Å². The van der Waals surface area contributed by atoms with Crippen LogP contribution in [0.25, 0.3) is 0 Å². The number of carbonyl (C=O) groups is 1. The summed E-state index contributed by atoms with van der Waals surface area (Å²) in [7, 11) is 0. The highest BCUT2D eigenvalue weighted by atomic mass is 16.9. The average molecular weight is 213 g/mol. The Morgan fingerprint density at radius 1 is 1.73 bits per heavy atom. The normalized spacial score (nSPS) is 13.7. The number of nitrogens with zero attached hydrogens (tertiary/aromatic N) is 1. The molecule has 0 bridgehead atoms. The van der Waals surface area contributed by atoms with Crippen LogP contribution in [0.4, 0.5) is 0 Å². The maximum Gasteiger partial charge on any atom is 0.294 e. The van der Waals surface area contributed by atoms with E-state index in [1.54, 1.807) is 18.4 Å². The van der Waals surface area contributed by atoms with E-state index in [0.717, 1.165) is 0 Å². The molecule has 0 saturated heterocycles. The lowest BCUT2D eigenvalue weighted by molar-refractivity contribution is -0.757. The predicted octanol–water partition coefficient (Wildman–Crippen LogP) is -0.646. The van der Waals surface area contributed by atoms with Gasteiger partial charge in [0.25, 0.3) is 11.0 Å². The first-order chi connectivity index (χ1) is 7.20. The predicted molar refractivity (Wildman–Crippen MR) is 51.2 cm³/mol. The Hall–Kier alpha value is -2.05. The van der Waals surface area contributed by atoms with Crippen LogP contribution in [0.5, 0.6) is 0 Å². The molecule has 82 valence electrons. The van der Waals surface area contributed by atoms with Crippen molar-refractivity contribution < 1.29 is 14.7 Å². The zero-order valence-electron chi connectivity index (χ0n) is 7.93. The zero-order valence-corrected chi connectivity index (χ0v) is 7.93. The molecule has 0 saturated carbocycles. The van der Waals surface area contributed by atoms with E-state index in [1.807, 2.05) is 0 Å². The van der Waals surface area contributed by atoms with Crippen LogP contribution in [0.3, 0.4) is 0 Å². The topological polar surface area (TPSA) is 93.5 Å². The zero-order chi connectivity index (χ0) is 11.1. The molecule has 1 aliphatic rings. The maximum atomic E-state index is 11.4. The molecule has 0 atom stereocenters. The fourth-order valence-corrected chi connectivity index (χ4v) is 1.01. The summed E-state index contributed by atoms with van der Waals surface area (Å²) in [5, 5.41) is 14.3. The third kappa shape index (κ3) is 4.12. The summed E-state index contributed by atoms with van der Waals surface area (Å²) in [6.45, 7) is 0.567. The quantitative estimate of drug-likeness (QED) is 0.359. The van der Waals surface area contributed by atoms with Crippen molar-refractivity contribution in [3.63, 3.8) is 0 Å². The molecule has 0 aromatic rings. The van der Waals surface area contributed by atoms with Crippen LogP contribution in [0, 0.1) is 10.1 Å². The van der Waals surface area contributed by atoms with Crippen LogP contribution in [-0.2, 0) is 9.63 Å². The summed E-state index contributed by atoms with van der Waals surface area (Å²) in [6, 6.07) is 0. The second-order valence-electron chi connectivity index (χ2n) is 2.71. The number of hydrogen-bond donors (Lipinski definition) is 2. The summed E-state index contributed by atoms with van der Waals surface area (Å²) < 4.78 is 0. The fraction of sp³-hybridized carbons (Fsp3) is 0.375. The van der Waals surface area contributed by atoms with Gasteiger partial charge in [-0.2, -0.15) is 0 Å². The SMILES string of the molecule is O=C(NCCO[N+](=O)[O-])C1=CCNC=C1. The lowest BCUT2D eigenvalue weighted by Gasteiger charge is -2.08. The lowest BCUT2D eigenvalue weighted by Crippen LogP contribution is -2.30. The van der Waals surface area contributed by atoms with E-state index >= 15 is 0 Å². The third-order valence-electron chi connectivity index (χ3n) is 1.67. The largest absolute Gasteiger partial charge is 0.387 e. The van der Waals surface area contributed by atoms with Crippen LogP contribution in [0.1, 0.15) is 0 Å². The number of amides is 1. The van der Waals surface area contributed by atoms with Gasteiger partial charge in [0.1, 0.15) is 6.61 Å². The lowest BCUT2D eigenvalue weighted by atomic mass is 10.2. The smallest absolute Gasteiger partial charge is 0.294 e. The molecular formula is C8H11N3O4. The Balaban J connectivity index is 2.21. The van der Waals surface area contributed by atoms with Gasteiger partial charge in [-0.05, 0) is 12.3 Å². The van der Waals surface area contributed by atoms with Gasteiger partial charge >= 0.3 is 0 Å². The number of rotatable bonds is 5.